The van der Waals surface area contributed by atoms with Gasteiger partial charge in [0, 0.05) is 19.0 Å². The summed E-state index contributed by atoms with van der Waals surface area (Å²) >= 11 is 1.34. The first-order valence-corrected chi connectivity index (χ1v) is 10.9. The molecule has 0 radical (unpaired) electrons. The Morgan fingerprint density at radius 3 is 2.59 bits per heavy atom. The van der Waals surface area contributed by atoms with Crippen LogP contribution in [-0.4, -0.2) is 45.0 Å². The number of aromatic nitrogens is 1. The van der Waals surface area contributed by atoms with Gasteiger partial charge in [0.15, 0.2) is 21.9 Å². The van der Waals surface area contributed by atoms with Gasteiger partial charge in [-0.15, -0.1) is 0 Å². The highest BCUT2D eigenvalue weighted by Gasteiger charge is 2.19. The molecule has 0 fully saturated rings. The number of para-hydroxylation sites is 1. The fraction of sp³-hybridized carbons (Fsp3) is 0.304. The standard InChI is InChI=1S/C23H24N2O6S/c1-5-30-16-8-6-7-14-13-18(31-20(14)16)22(26)24-23-25(11-12-27-2)19-15(28-3)9-10-17(29-4)21(19)32-23/h6-10,13H,5,11-12H2,1-4H3. The third-order valence-electron chi connectivity index (χ3n) is 4.93. The minimum absolute atomic E-state index is 0.141. The van der Waals surface area contributed by atoms with Crippen molar-refractivity contribution in [2.45, 2.75) is 13.5 Å². The molecule has 4 aromatic rings. The van der Waals surface area contributed by atoms with Gasteiger partial charge in [-0.3, -0.25) is 4.79 Å². The zero-order chi connectivity index (χ0) is 22.7. The number of carbonyl (C=O) groups is 1. The van der Waals surface area contributed by atoms with Gasteiger partial charge < -0.3 is 27.9 Å². The molecule has 0 spiro atoms. The van der Waals surface area contributed by atoms with Crippen molar-refractivity contribution in [3.8, 4) is 17.2 Å². The lowest BCUT2D eigenvalue weighted by atomic mass is 10.2. The Bertz CT molecular complexity index is 1330. The number of fused-ring (bicyclic) bond motifs is 2. The first-order valence-electron chi connectivity index (χ1n) is 10.1. The molecule has 168 valence electrons. The van der Waals surface area contributed by atoms with E-state index in [0.717, 1.165) is 15.6 Å². The largest absolute Gasteiger partial charge is 0.495 e. The van der Waals surface area contributed by atoms with E-state index in [1.54, 1.807) is 27.4 Å². The van der Waals surface area contributed by atoms with Crippen LogP contribution >= 0.6 is 11.3 Å². The third-order valence-corrected chi connectivity index (χ3v) is 6.02. The van der Waals surface area contributed by atoms with E-state index in [1.807, 2.05) is 41.8 Å². The molecule has 0 unspecified atom stereocenters. The molecule has 0 atom stereocenters. The number of thiazole rings is 1. The predicted molar refractivity (Wildman–Crippen MR) is 122 cm³/mol. The molecule has 32 heavy (non-hydrogen) atoms. The molecule has 0 saturated heterocycles. The van der Waals surface area contributed by atoms with Crippen LogP contribution in [0.1, 0.15) is 17.5 Å². The molecule has 8 nitrogen and oxygen atoms in total. The SMILES string of the molecule is CCOc1cccc2cc(C(=O)N=c3sc4c(OC)ccc(OC)c4n3CCOC)oc12. The van der Waals surface area contributed by atoms with E-state index in [0.29, 0.717) is 47.4 Å². The summed E-state index contributed by atoms with van der Waals surface area (Å²) in [7, 11) is 4.83. The van der Waals surface area contributed by atoms with Crippen molar-refractivity contribution in [3.63, 3.8) is 0 Å². The van der Waals surface area contributed by atoms with Crippen molar-refractivity contribution < 1.29 is 28.2 Å². The maximum absolute atomic E-state index is 13.1. The Kier molecular flexibility index (Phi) is 6.48. The number of furan rings is 1. The summed E-state index contributed by atoms with van der Waals surface area (Å²) in [5, 5.41) is 0.779. The van der Waals surface area contributed by atoms with Gasteiger partial charge in [-0.2, -0.15) is 4.99 Å². The van der Waals surface area contributed by atoms with Crippen LogP contribution in [0, 0.1) is 0 Å². The van der Waals surface area contributed by atoms with Crippen LogP contribution in [-0.2, 0) is 11.3 Å². The quantitative estimate of drug-likeness (QED) is 0.394. The summed E-state index contributed by atoms with van der Waals surface area (Å²) in [6.07, 6.45) is 0. The number of carbonyl (C=O) groups excluding carboxylic acids is 1. The highest BCUT2D eigenvalue weighted by molar-refractivity contribution is 7.16. The van der Waals surface area contributed by atoms with Crippen molar-refractivity contribution in [2.24, 2.45) is 4.99 Å². The van der Waals surface area contributed by atoms with Gasteiger partial charge >= 0.3 is 5.91 Å². The average molecular weight is 457 g/mol. The fourth-order valence-electron chi connectivity index (χ4n) is 3.48. The number of rotatable bonds is 8. The predicted octanol–water partition coefficient (Wildman–Crippen LogP) is 4.25. The Labute approximate surface area is 188 Å². The first-order chi connectivity index (χ1) is 15.6. The van der Waals surface area contributed by atoms with Gasteiger partial charge in [0.2, 0.25) is 0 Å². The van der Waals surface area contributed by atoms with Gasteiger partial charge in [0.05, 0.1) is 27.4 Å². The number of hydrogen-bond donors (Lipinski definition) is 0. The minimum Gasteiger partial charge on any atom is -0.495 e. The van der Waals surface area contributed by atoms with Gasteiger partial charge in [-0.05, 0) is 31.2 Å². The molecule has 0 aliphatic heterocycles. The Hall–Kier alpha value is -3.30. The summed E-state index contributed by atoms with van der Waals surface area (Å²) in [6.45, 7) is 3.32. The Balaban J connectivity index is 1.86. The first kappa shape index (κ1) is 21.9. The van der Waals surface area contributed by atoms with E-state index in [1.165, 1.54) is 11.3 Å². The Morgan fingerprint density at radius 1 is 1.09 bits per heavy atom. The molecule has 2 aromatic carbocycles. The van der Waals surface area contributed by atoms with Crippen molar-refractivity contribution in [1.82, 2.24) is 4.57 Å². The fourth-order valence-corrected chi connectivity index (χ4v) is 4.65. The van der Waals surface area contributed by atoms with E-state index < -0.39 is 5.91 Å². The van der Waals surface area contributed by atoms with E-state index in [2.05, 4.69) is 4.99 Å². The van der Waals surface area contributed by atoms with Crippen LogP contribution in [0.2, 0.25) is 0 Å². The molecule has 2 heterocycles. The summed E-state index contributed by atoms with van der Waals surface area (Å²) in [4.78, 5) is 17.9. The van der Waals surface area contributed by atoms with Crippen LogP contribution in [0.3, 0.4) is 0 Å². The summed E-state index contributed by atoms with van der Waals surface area (Å²) < 4.78 is 30.5. The zero-order valence-electron chi connectivity index (χ0n) is 18.3. The van der Waals surface area contributed by atoms with E-state index in [4.69, 9.17) is 23.4 Å². The lowest BCUT2D eigenvalue weighted by Crippen LogP contribution is -2.19. The monoisotopic (exact) mass is 456 g/mol. The molecule has 0 N–H and O–H groups in total. The van der Waals surface area contributed by atoms with Crippen molar-refractivity contribution in [2.75, 3.05) is 34.5 Å². The van der Waals surface area contributed by atoms with E-state index >= 15 is 0 Å². The van der Waals surface area contributed by atoms with Crippen LogP contribution in [0.5, 0.6) is 17.2 Å². The Morgan fingerprint density at radius 2 is 1.88 bits per heavy atom. The molecule has 4 rings (SSSR count). The number of benzene rings is 2. The molecule has 1 amide bonds. The minimum atomic E-state index is -0.487. The van der Waals surface area contributed by atoms with Crippen molar-refractivity contribution >= 4 is 38.4 Å². The molecule has 0 bridgehead atoms. The number of methoxy groups -OCH3 is 3. The molecular formula is C23H24N2O6S. The van der Waals surface area contributed by atoms with Crippen molar-refractivity contribution in [3.05, 3.63) is 47.0 Å². The second-order valence-corrected chi connectivity index (χ2v) is 7.79. The average Bonchev–Trinajstić information content (AvgIpc) is 3.40. The summed E-state index contributed by atoms with van der Waals surface area (Å²) in [6, 6.07) is 10.9. The molecule has 0 saturated carbocycles. The number of nitrogens with zero attached hydrogens (tertiary/aromatic N) is 2. The second kappa shape index (κ2) is 9.46. The normalized spacial score (nSPS) is 11.9. The molecule has 0 aliphatic rings. The van der Waals surface area contributed by atoms with Crippen LogP contribution in [0.4, 0.5) is 0 Å². The van der Waals surface area contributed by atoms with Crippen LogP contribution in [0.15, 0.2) is 45.8 Å². The smallest absolute Gasteiger partial charge is 0.315 e. The highest BCUT2D eigenvalue weighted by Crippen LogP contribution is 2.35. The van der Waals surface area contributed by atoms with E-state index in [9.17, 15) is 4.79 Å². The molecule has 2 aromatic heterocycles. The number of amides is 1. The lowest BCUT2D eigenvalue weighted by molar-refractivity contribution is 0.0973. The third kappa shape index (κ3) is 3.96. The topological polar surface area (TPSA) is 84.4 Å². The maximum atomic E-state index is 13.1. The van der Waals surface area contributed by atoms with Crippen LogP contribution < -0.4 is 19.0 Å². The van der Waals surface area contributed by atoms with Gasteiger partial charge in [-0.25, -0.2) is 0 Å². The lowest BCUT2D eigenvalue weighted by Gasteiger charge is -2.09. The van der Waals surface area contributed by atoms with Gasteiger partial charge in [0.1, 0.15) is 21.7 Å². The van der Waals surface area contributed by atoms with Gasteiger partial charge in [0.25, 0.3) is 0 Å². The summed E-state index contributed by atoms with van der Waals surface area (Å²) in [5.74, 6) is 1.58. The zero-order valence-corrected chi connectivity index (χ0v) is 19.2. The number of ether oxygens (including phenoxy) is 4. The molecular weight excluding hydrogens is 432 g/mol. The molecule has 0 aliphatic carbocycles. The highest BCUT2D eigenvalue weighted by atomic mass is 32.1. The molecule has 9 heteroatoms. The van der Waals surface area contributed by atoms with Crippen LogP contribution in [0.25, 0.3) is 21.2 Å². The number of hydrogen-bond acceptors (Lipinski definition) is 7. The summed E-state index contributed by atoms with van der Waals surface area (Å²) in [5.41, 5.74) is 1.32. The van der Waals surface area contributed by atoms with Gasteiger partial charge in [-0.1, -0.05) is 23.5 Å². The second-order valence-electron chi connectivity index (χ2n) is 6.81. The van der Waals surface area contributed by atoms with E-state index in [-0.39, 0.29) is 5.76 Å². The van der Waals surface area contributed by atoms with Crippen molar-refractivity contribution in [1.29, 1.82) is 0 Å². The maximum Gasteiger partial charge on any atom is 0.315 e.